The first-order valence-corrected chi connectivity index (χ1v) is 6.60. The third-order valence-electron chi connectivity index (χ3n) is 4.39. The fraction of sp³-hybridized carbons (Fsp3) is 0.533. The maximum Gasteiger partial charge on any atom is 0.170 e. The number of ether oxygens (including phenoxy) is 1. The minimum Gasteiger partial charge on any atom is -0.496 e. The van der Waals surface area contributed by atoms with Crippen LogP contribution in [-0.2, 0) is 0 Å². The van der Waals surface area contributed by atoms with Crippen LogP contribution in [-0.4, -0.2) is 12.9 Å². The van der Waals surface area contributed by atoms with Gasteiger partial charge in [0.05, 0.1) is 12.7 Å². The van der Waals surface area contributed by atoms with Gasteiger partial charge >= 0.3 is 0 Å². The highest BCUT2D eigenvalue weighted by Crippen LogP contribution is 2.56. The number of Topliss-reactive ketones (excluding diaryl/α,β-unsaturated/α-hetero) is 1. The molecule has 1 aromatic carbocycles. The van der Waals surface area contributed by atoms with Crippen molar-refractivity contribution in [3.05, 3.63) is 29.6 Å². The molecule has 0 aliphatic heterocycles. The molecule has 2 saturated carbocycles. The number of ketones is 1. The van der Waals surface area contributed by atoms with Crippen molar-refractivity contribution < 1.29 is 13.9 Å². The standard InChI is InChI=1S/C15H17FO2/c1-18-13-7-6-9(16)8-12(13)15(17)14-10-4-2-3-5-11(10)14/h6-8,10-11,14H,2-5H2,1H3. The largest absolute Gasteiger partial charge is 0.496 e. The van der Waals surface area contributed by atoms with Crippen LogP contribution in [0.1, 0.15) is 36.0 Å². The predicted octanol–water partition coefficient (Wildman–Crippen LogP) is 3.45. The molecule has 96 valence electrons. The summed E-state index contributed by atoms with van der Waals surface area (Å²) in [6.45, 7) is 0. The zero-order valence-electron chi connectivity index (χ0n) is 10.5. The van der Waals surface area contributed by atoms with Crippen molar-refractivity contribution in [2.75, 3.05) is 7.11 Å². The lowest BCUT2D eigenvalue weighted by Crippen LogP contribution is -2.07. The fourth-order valence-electron chi connectivity index (χ4n) is 3.43. The molecule has 0 aromatic heterocycles. The van der Waals surface area contributed by atoms with E-state index >= 15 is 0 Å². The molecule has 0 amide bonds. The third-order valence-corrected chi connectivity index (χ3v) is 4.39. The number of benzene rings is 1. The summed E-state index contributed by atoms with van der Waals surface area (Å²) in [5, 5.41) is 0. The van der Waals surface area contributed by atoms with Gasteiger partial charge in [0.25, 0.3) is 0 Å². The first kappa shape index (κ1) is 11.7. The Morgan fingerprint density at radius 3 is 2.56 bits per heavy atom. The van der Waals surface area contributed by atoms with E-state index in [1.807, 2.05) is 0 Å². The summed E-state index contributed by atoms with van der Waals surface area (Å²) in [7, 11) is 1.52. The number of methoxy groups -OCH3 is 1. The lowest BCUT2D eigenvalue weighted by atomic mass is 10.0. The van der Waals surface area contributed by atoms with Gasteiger partial charge < -0.3 is 4.74 Å². The van der Waals surface area contributed by atoms with Crippen molar-refractivity contribution in [2.24, 2.45) is 17.8 Å². The van der Waals surface area contributed by atoms with Crippen molar-refractivity contribution >= 4 is 5.78 Å². The van der Waals surface area contributed by atoms with Gasteiger partial charge in [-0.1, -0.05) is 12.8 Å². The second-order valence-electron chi connectivity index (χ2n) is 5.35. The Labute approximate surface area is 106 Å². The first-order chi connectivity index (χ1) is 8.72. The monoisotopic (exact) mass is 248 g/mol. The van der Waals surface area contributed by atoms with E-state index in [0.29, 0.717) is 23.1 Å². The van der Waals surface area contributed by atoms with Gasteiger partial charge in [-0.05, 0) is 42.9 Å². The summed E-state index contributed by atoms with van der Waals surface area (Å²) in [6, 6.07) is 4.18. The SMILES string of the molecule is COc1ccc(F)cc1C(=O)C1C2CCCCC21. The van der Waals surface area contributed by atoms with Crippen LogP contribution in [0.25, 0.3) is 0 Å². The number of halogens is 1. The van der Waals surface area contributed by atoms with Crippen molar-refractivity contribution in [1.82, 2.24) is 0 Å². The minimum atomic E-state index is -0.372. The molecule has 0 spiro atoms. The summed E-state index contributed by atoms with van der Waals surface area (Å²) in [4.78, 5) is 12.5. The van der Waals surface area contributed by atoms with Gasteiger partial charge in [0.15, 0.2) is 5.78 Å². The highest BCUT2D eigenvalue weighted by Gasteiger charge is 2.54. The zero-order chi connectivity index (χ0) is 12.7. The van der Waals surface area contributed by atoms with Gasteiger partial charge in [-0.3, -0.25) is 4.79 Å². The Bertz CT molecular complexity index is 471. The molecule has 18 heavy (non-hydrogen) atoms. The quantitative estimate of drug-likeness (QED) is 0.766. The second-order valence-corrected chi connectivity index (χ2v) is 5.35. The van der Waals surface area contributed by atoms with Gasteiger partial charge in [-0.25, -0.2) is 4.39 Å². The first-order valence-electron chi connectivity index (χ1n) is 6.60. The van der Waals surface area contributed by atoms with Crippen LogP contribution in [0.4, 0.5) is 4.39 Å². The van der Waals surface area contributed by atoms with E-state index in [-0.39, 0.29) is 17.5 Å². The summed E-state index contributed by atoms with van der Waals surface area (Å²) in [6.07, 6.45) is 4.76. The maximum atomic E-state index is 13.3. The number of carbonyl (C=O) groups excluding carboxylic acids is 1. The third kappa shape index (κ3) is 1.82. The van der Waals surface area contributed by atoms with E-state index in [2.05, 4.69) is 0 Å². The molecule has 0 N–H and O–H groups in total. The zero-order valence-corrected chi connectivity index (χ0v) is 10.5. The van der Waals surface area contributed by atoms with Gasteiger partial charge in [-0.2, -0.15) is 0 Å². The fourth-order valence-corrected chi connectivity index (χ4v) is 3.43. The molecule has 2 unspecified atom stereocenters. The Morgan fingerprint density at radius 1 is 1.28 bits per heavy atom. The molecule has 2 fully saturated rings. The molecule has 0 saturated heterocycles. The molecular weight excluding hydrogens is 231 g/mol. The van der Waals surface area contributed by atoms with Crippen LogP contribution in [0.3, 0.4) is 0 Å². The average Bonchev–Trinajstić information content (AvgIpc) is 3.12. The topological polar surface area (TPSA) is 26.3 Å². The Hall–Kier alpha value is -1.38. The van der Waals surface area contributed by atoms with Crippen molar-refractivity contribution in [2.45, 2.75) is 25.7 Å². The van der Waals surface area contributed by atoms with E-state index in [9.17, 15) is 9.18 Å². The number of hydrogen-bond acceptors (Lipinski definition) is 2. The molecule has 0 heterocycles. The Morgan fingerprint density at radius 2 is 1.94 bits per heavy atom. The van der Waals surface area contributed by atoms with Gasteiger partial charge in [0.2, 0.25) is 0 Å². The molecule has 3 heteroatoms. The summed E-state index contributed by atoms with van der Waals surface area (Å²) < 4.78 is 18.5. The van der Waals surface area contributed by atoms with Crippen LogP contribution in [0.2, 0.25) is 0 Å². The predicted molar refractivity (Wildman–Crippen MR) is 66.2 cm³/mol. The lowest BCUT2D eigenvalue weighted by Gasteiger charge is -2.07. The van der Waals surface area contributed by atoms with Crippen molar-refractivity contribution in [3.8, 4) is 5.75 Å². The molecule has 2 nitrogen and oxygen atoms in total. The molecule has 3 rings (SSSR count). The smallest absolute Gasteiger partial charge is 0.170 e. The molecule has 0 radical (unpaired) electrons. The second kappa shape index (κ2) is 4.38. The molecular formula is C15H17FO2. The normalized spacial score (nSPS) is 29.6. The highest BCUT2D eigenvalue weighted by atomic mass is 19.1. The summed E-state index contributed by atoms with van der Waals surface area (Å²) >= 11 is 0. The van der Waals surface area contributed by atoms with E-state index in [1.165, 1.54) is 38.2 Å². The van der Waals surface area contributed by atoms with E-state index in [4.69, 9.17) is 4.74 Å². The van der Waals surface area contributed by atoms with Gasteiger partial charge in [0.1, 0.15) is 11.6 Å². The number of fused-ring (bicyclic) bond motifs is 1. The van der Waals surface area contributed by atoms with Gasteiger partial charge in [0, 0.05) is 5.92 Å². The molecule has 0 bridgehead atoms. The van der Waals surface area contributed by atoms with Gasteiger partial charge in [-0.15, -0.1) is 0 Å². The highest BCUT2D eigenvalue weighted by molar-refractivity contribution is 6.02. The van der Waals surface area contributed by atoms with E-state index in [0.717, 1.165) is 12.8 Å². The summed E-state index contributed by atoms with van der Waals surface area (Å²) in [5.74, 6) is 1.39. The number of hydrogen-bond donors (Lipinski definition) is 0. The van der Waals surface area contributed by atoms with Crippen LogP contribution in [0.5, 0.6) is 5.75 Å². The molecule has 2 aliphatic carbocycles. The van der Waals surface area contributed by atoms with Crippen molar-refractivity contribution in [1.29, 1.82) is 0 Å². The maximum absolute atomic E-state index is 13.3. The van der Waals surface area contributed by atoms with E-state index < -0.39 is 0 Å². The van der Waals surface area contributed by atoms with Crippen LogP contribution in [0, 0.1) is 23.6 Å². The Balaban J connectivity index is 1.86. The minimum absolute atomic E-state index is 0.0725. The molecule has 1 aromatic rings. The van der Waals surface area contributed by atoms with Crippen LogP contribution < -0.4 is 4.74 Å². The molecule has 2 atom stereocenters. The lowest BCUT2D eigenvalue weighted by molar-refractivity contribution is 0.0953. The molecule has 2 aliphatic rings. The van der Waals surface area contributed by atoms with Crippen LogP contribution >= 0.6 is 0 Å². The Kier molecular flexibility index (Phi) is 2.84. The number of carbonyl (C=O) groups is 1. The van der Waals surface area contributed by atoms with Crippen LogP contribution in [0.15, 0.2) is 18.2 Å². The number of rotatable bonds is 3. The van der Waals surface area contributed by atoms with E-state index in [1.54, 1.807) is 0 Å². The van der Waals surface area contributed by atoms with Crippen molar-refractivity contribution in [3.63, 3.8) is 0 Å². The average molecular weight is 248 g/mol. The summed E-state index contributed by atoms with van der Waals surface area (Å²) in [5.41, 5.74) is 0.414.